The van der Waals surface area contributed by atoms with Crippen molar-refractivity contribution in [3.63, 3.8) is 0 Å². The summed E-state index contributed by atoms with van der Waals surface area (Å²) < 4.78 is 19.5. The van der Waals surface area contributed by atoms with Crippen molar-refractivity contribution in [2.45, 2.75) is 12.5 Å². The van der Waals surface area contributed by atoms with Gasteiger partial charge in [0.1, 0.15) is 5.82 Å². The summed E-state index contributed by atoms with van der Waals surface area (Å²) in [6, 6.07) is 14.7. The molecular weight excluding hydrogens is 373 g/mol. The maximum absolute atomic E-state index is 13.7. The zero-order valence-corrected chi connectivity index (χ0v) is 15.0. The molecule has 0 spiro atoms. The number of benzene rings is 2. The third-order valence-electron chi connectivity index (χ3n) is 4.51. The van der Waals surface area contributed by atoms with Crippen LogP contribution in [-0.4, -0.2) is 31.1 Å². The molecule has 2 unspecified atom stereocenters. The Morgan fingerprint density at radius 1 is 1.25 bits per heavy atom. The quantitative estimate of drug-likeness (QED) is 0.738. The lowest BCUT2D eigenvalue weighted by Crippen LogP contribution is -2.24. The molecule has 0 aromatic heterocycles. The molecule has 0 N–H and O–H groups in total. The molecule has 3 rings (SSSR count). The minimum atomic E-state index is -0.295. The van der Waals surface area contributed by atoms with Gasteiger partial charge in [-0.05, 0) is 29.3 Å². The Morgan fingerprint density at radius 2 is 2.00 bits per heavy atom. The summed E-state index contributed by atoms with van der Waals surface area (Å²) in [4.78, 5) is 14.5. The van der Waals surface area contributed by atoms with Crippen molar-refractivity contribution >= 4 is 21.9 Å². The summed E-state index contributed by atoms with van der Waals surface area (Å²) in [5.41, 5.74) is 2.01. The lowest BCUT2D eigenvalue weighted by atomic mass is 9.89. The molecule has 1 aliphatic heterocycles. The summed E-state index contributed by atoms with van der Waals surface area (Å²) in [5.74, 6) is -0.923. The van der Waals surface area contributed by atoms with E-state index in [1.54, 1.807) is 6.07 Å². The van der Waals surface area contributed by atoms with E-state index in [0.717, 1.165) is 16.6 Å². The highest BCUT2D eigenvalue weighted by molar-refractivity contribution is 9.10. The Labute approximate surface area is 149 Å². The van der Waals surface area contributed by atoms with Crippen molar-refractivity contribution in [3.05, 3.63) is 69.9 Å². The summed E-state index contributed by atoms with van der Waals surface area (Å²) in [7, 11) is 1.40. The number of rotatable bonds is 4. The average molecular weight is 392 g/mol. The second-order valence-corrected chi connectivity index (χ2v) is 6.94. The van der Waals surface area contributed by atoms with E-state index in [-0.39, 0.29) is 23.6 Å². The molecule has 0 amide bonds. The second-order valence-electron chi connectivity index (χ2n) is 6.08. The Hall–Kier alpha value is -1.72. The fourth-order valence-corrected chi connectivity index (χ4v) is 3.90. The summed E-state index contributed by atoms with van der Waals surface area (Å²) >= 11 is 3.49. The summed E-state index contributed by atoms with van der Waals surface area (Å²) in [5, 5.41) is 0. The monoisotopic (exact) mass is 391 g/mol. The van der Waals surface area contributed by atoms with Crippen molar-refractivity contribution < 1.29 is 13.9 Å². The minimum absolute atomic E-state index is 0.0914. The van der Waals surface area contributed by atoms with E-state index in [1.165, 1.54) is 24.8 Å². The SMILES string of the molecule is COC(=O)C1CN(Cc2ccccc2)CC1c1cc(F)ccc1Br. The molecule has 2 aromatic rings. The molecule has 2 aromatic carbocycles. The highest BCUT2D eigenvalue weighted by atomic mass is 79.9. The van der Waals surface area contributed by atoms with Gasteiger partial charge < -0.3 is 4.74 Å². The number of carbonyl (C=O) groups is 1. The highest BCUT2D eigenvalue weighted by Crippen LogP contribution is 2.38. The first-order valence-corrected chi connectivity index (χ1v) is 8.67. The van der Waals surface area contributed by atoms with Gasteiger partial charge in [0, 0.05) is 30.0 Å². The number of carbonyl (C=O) groups excluding carboxylic acids is 1. The number of halogens is 2. The van der Waals surface area contributed by atoms with Crippen molar-refractivity contribution in [2.75, 3.05) is 20.2 Å². The molecule has 1 aliphatic rings. The smallest absolute Gasteiger partial charge is 0.310 e. The first-order valence-electron chi connectivity index (χ1n) is 7.87. The van der Waals surface area contributed by atoms with Crippen LogP contribution in [0.5, 0.6) is 0 Å². The van der Waals surface area contributed by atoms with Crippen LogP contribution in [0, 0.1) is 11.7 Å². The standard InChI is InChI=1S/C19H19BrFNO2/c1-24-19(23)17-12-22(10-13-5-3-2-4-6-13)11-16(17)15-9-14(21)7-8-18(15)20/h2-9,16-17H,10-12H2,1H3. The van der Waals surface area contributed by atoms with E-state index in [4.69, 9.17) is 4.74 Å². The highest BCUT2D eigenvalue weighted by Gasteiger charge is 2.40. The first-order chi connectivity index (χ1) is 11.6. The number of likely N-dealkylation sites (tertiary alicyclic amines) is 1. The Bertz CT molecular complexity index is 723. The third kappa shape index (κ3) is 3.68. The van der Waals surface area contributed by atoms with E-state index >= 15 is 0 Å². The van der Waals surface area contributed by atoms with Crippen LogP contribution in [0.1, 0.15) is 17.0 Å². The van der Waals surface area contributed by atoms with Crippen molar-refractivity contribution in [3.8, 4) is 0 Å². The Kier molecular flexibility index (Phi) is 5.31. The van der Waals surface area contributed by atoms with Crippen LogP contribution in [0.25, 0.3) is 0 Å². The van der Waals surface area contributed by atoms with Gasteiger partial charge in [0.15, 0.2) is 0 Å². The van der Waals surface area contributed by atoms with E-state index in [0.29, 0.717) is 13.1 Å². The third-order valence-corrected chi connectivity index (χ3v) is 5.23. The van der Waals surface area contributed by atoms with E-state index < -0.39 is 0 Å². The fraction of sp³-hybridized carbons (Fsp3) is 0.316. The molecule has 2 atom stereocenters. The normalized spacial score (nSPS) is 21.0. The largest absolute Gasteiger partial charge is 0.469 e. The van der Waals surface area contributed by atoms with Gasteiger partial charge >= 0.3 is 5.97 Å². The van der Waals surface area contributed by atoms with Gasteiger partial charge in [0.25, 0.3) is 0 Å². The number of hydrogen-bond donors (Lipinski definition) is 0. The van der Waals surface area contributed by atoms with Crippen LogP contribution in [0.2, 0.25) is 0 Å². The van der Waals surface area contributed by atoms with E-state index in [1.807, 2.05) is 18.2 Å². The van der Waals surface area contributed by atoms with Crippen LogP contribution >= 0.6 is 15.9 Å². The molecule has 0 saturated carbocycles. The van der Waals surface area contributed by atoms with E-state index in [9.17, 15) is 9.18 Å². The number of ether oxygens (including phenoxy) is 1. The summed E-state index contributed by atoms with van der Waals surface area (Å²) in [6.07, 6.45) is 0. The van der Waals surface area contributed by atoms with Crippen molar-refractivity contribution in [2.24, 2.45) is 5.92 Å². The van der Waals surface area contributed by atoms with Crippen LogP contribution in [0.15, 0.2) is 53.0 Å². The Balaban J connectivity index is 1.86. The number of esters is 1. The zero-order valence-electron chi connectivity index (χ0n) is 13.4. The number of nitrogens with zero attached hydrogens (tertiary/aromatic N) is 1. The fourth-order valence-electron chi connectivity index (χ4n) is 3.36. The van der Waals surface area contributed by atoms with Gasteiger partial charge in [-0.15, -0.1) is 0 Å². The molecule has 0 aliphatic carbocycles. The topological polar surface area (TPSA) is 29.5 Å². The second kappa shape index (κ2) is 7.45. The zero-order chi connectivity index (χ0) is 17.1. The lowest BCUT2D eigenvalue weighted by molar-refractivity contribution is -0.145. The van der Waals surface area contributed by atoms with Gasteiger partial charge in [-0.1, -0.05) is 46.3 Å². The lowest BCUT2D eigenvalue weighted by Gasteiger charge is -2.18. The molecule has 5 heteroatoms. The first kappa shape index (κ1) is 17.1. The minimum Gasteiger partial charge on any atom is -0.469 e. The molecule has 24 heavy (non-hydrogen) atoms. The van der Waals surface area contributed by atoms with Gasteiger partial charge in [0.05, 0.1) is 13.0 Å². The van der Waals surface area contributed by atoms with E-state index in [2.05, 4.69) is 33.0 Å². The molecule has 1 heterocycles. The molecule has 0 bridgehead atoms. The number of hydrogen-bond acceptors (Lipinski definition) is 3. The Morgan fingerprint density at radius 3 is 2.71 bits per heavy atom. The van der Waals surface area contributed by atoms with Crippen molar-refractivity contribution in [1.82, 2.24) is 4.90 Å². The van der Waals surface area contributed by atoms with Crippen molar-refractivity contribution in [1.29, 1.82) is 0 Å². The predicted octanol–water partition coefficient (Wildman–Crippen LogP) is 3.98. The molecule has 0 radical (unpaired) electrons. The molecular formula is C19H19BrFNO2. The molecule has 3 nitrogen and oxygen atoms in total. The van der Waals surface area contributed by atoms with Crippen LogP contribution in [0.3, 0.4) is 0 Å². The van der Waals surface area contributed by atoms with Gasteiger partial charge in [-0.25, -0.2) is 4.39 Å². The maximum atomic E-state index is 13.7. The van der Waals surface area contributed by atoms with Gasteiger partial charge in [-0.2, -0.15) is 0 Å². The molecule has 126 valence electrons. The summed E-state index contributed by atoms with van der Waals surface area (Å²) in [6.45, 7) is 2.06. The molecule has 1 fully saturated rings. The maximum Gasteiger partial charge on any atom is 0.310 e. The van der Waals surface area contributed by atoms with Crippen LogP contribution in [-0.2, 0) is 16.1 Å². The number of methoxy groups -OCH3 is 1. The average Bonchev–Trinajstić information content (AvgIpc) is 3.01. The van der Waals surface area contributed by atoms with Gasteiger partial charge in [-0.3, -0.25) is 9.69 Å². The van der Waals surface area contributed by atoms with Gasteiger partial charge in [0.2, 0.25) is 0 Å². The molecule has 1 saturated heterocycles. The predicted molar refractivity (Wildman–Crippen MR) is 94.1 cm³/mol. The van der Waals surface area contributed by atoms with Crippen LogP contribution in [0.4, 0.5) is 4.39 Å². The van der Waals surface area contributed by atoms with Crippen LogP contribution < -0.4 is 0 Å².